The average Bonchev–Trinajstić information content (AvgIpc) is 2.53. The first-order chi connectivity index (χ1) is 10.8. The molecule has 0 spiro atoms. The number of anilines is 1. The molecule has 0 atom stereocenters. The van der Waals surface area contributed by atoms with Crippen molar-refractivity contribution in [1.29, 1.82) is 0 Å². The van der Waals surface area contributed by atoms with Crippen molar-refractivity contribution in [2.75, 3.05) is 11.9 Å². The van der Waals surface area contributed by atoms with Crippen molar-refractivity contribution in [3.05, 3.63) is 59.7 Å². The molecule has 2 rings (SSSR count). The normalized spacial score (nSPS) is 11.3. The van der Waals surface area contributed by atoms with E-state index in [2.05, 4.69) is 4.72 Å². The zero-order valence-electron chi connectivity index (χ0n) is 13.4. The summed E-state index contributed by atoms with van der Waals surface area (Å²) in [4.78, 5) is 12.9. The molecule has 0 saturated carbocycles. The molecule has 1 amide bonds. The third-order valence-electron chi connectivity index (χ3n) is 3.59. The Morgan fingerprint density at radius 3 is 2.13 bits per heavy atom. The molecule has 6 heteroatoms. The number of carbonyl (C=O) groups is 1. The maximum Gasteiger partial charge on any atom is 0.240 e. The van der Waals surface area contributed by atoms with Gasteiger partial charge in [0.25, 0.3) is 0 Å². The van der Waals surface area contributed by atoms with Crippen LogP contribution in [0, 0.1) is 6.92 Å². The van der Waals surface area contributed by atoms with Gasteiger partial charge < -0.3 is 4.90 Å². The van der Waals surface area contributed by atoms with Gasteiger partial charge in [0.15, 0.2) is 0 Å². The highest BCUT2D eigenvalue weighted by atomic mass is 32.2. The summed E-state index contributed by atoms with van der Waals surface area (Å²) in [6, 6.07) is 13.9. The Morgan fingerprint density at radius 2 is 1.61 bits per heavy atom. The van der Waals surface area contributed by atoms with Gasteiger partial charge in [0, 0.05) is 26.2 Å². The molecular formula is C17H20N2O3S. The van der Waals surface area contributed by atoms with Crippen LogP contribution in [0.5, 0.6) is 0 Å². The van der Waals surface area contributed by atoms with Gasteiger partial charge in [-0.15, -0.1) is 0 Å². The van der Waals surface area contributed by atoms with E-state index in [1.807, 2.05) is 31.2 Å². The third kappa shape index (κ3) is 4.40. The molecular weight excluding hydrogens is 312 g/mol. The van der Waals surface area contributed by atoms with E-state index in [4.69, 9.17) is 0 Å². The van der Waals surface area contributed by atoms with Crippen molar-refractivity contribution >= 4 is 21.6 Å². The van der Waals surface area contributed by atoms with E-state index in [0.717, 1.165) is 11.1 Å². The van der Waals surface area contributed by atoms with Crippen molar-refractivity contribution in [1.82, 2.24) is 4.72 Å². The maximum atomic E-state index is 12.3. The predicted molar refractivity (Wildman–Crippen MR) is 90.7 cm³/mol. The van der Waals surface area contributed by atoms with E-state index in [1.54, 1.807) is 19.2 Å². The van der Waals surface area contributed by atoms with E-state index in [1.165, 1.54) is 24.0 Å². The van der Waals surface area contributed by atoms with Crippen LogP contribution in [0.1, 0.15) is 18.1 Å². The van der Waals surface area contributed by atoms with Crippen LogP contribution >= 0.6 is 0 Å². The minimum absolute atomic E-state index is 0.113. The van der Waals surface area contributed by atoms with Gasteiger partial charge in [0.1, 0.15) is 0 Å². The van der Waals surface area contributed by atoms with E-state index >= 15 is 0 Å². The first-order valence-electron chi connectivity index (χ1n) is 7.19. The quantitative estimate of drug-likeness (QED) is 0.914. The summed E-state index contributed by atoms with van der Waals surface area (Å²) in [6.07, 6.45) is 0. The zero-order chi connectivity index (χ0) is 17.0. The lowest BCUT2D eigenvalue weighted by Gasteiger charge is -2.15. The number of carbonyl (C=O) groups excluding carboxylic acids is 1. The molecule has 0 aromatic heterocycles. The minimum Gasteiger partial charge on any atom is -0.316 e. The Morgan fingerprint density at radius 1 is 1.04 bits per heavy atom. The number of hydrogen-bond donors (Lipinski definition) is 1. The molecule has 0 saturated heterocycles. The number of nitrogens with one attached hydrogen (secondary N) is 1. The van der Waals surface area contributed by atoms with Gasteiger partial charge in [-0.25, -0.2) is 13.1 Å². The highest BCUT2D eigenvalue weighted by Gasteiger charge is 2.14. The summed E-state index contributed by atoms with van der Waals surface area (Å²) >= 11 is 0. The van der Waals surface area contributed by atoms with Gasteiger partial charge in [-0.2, -0.15) is 0 Å². The fraction of sp³-hybridized carbons (Fsp3) is 0.235. The van der Waals surface area contributed by atoms with Crippen molar-refractivity contribution in [2.45, 2.75) is 25.3 Å². The fourth-order valence-corrected chi connectivity index (χ4v) is 3.02. The van der Waals surface area contributed by atoms with Crippen LogP contribution in [0.4, 0.5) is 5.69 Å². The third-order valence-corrected chi connectivity index (χ3v) is 5.01. The summed E-state index contributed by atoms with van der Waals surface area (Å²) in [5.74, 6) is -0.113. The molecule has 0 unspecified atom stereocenters. The molecule has 0 radical (unpaired) electrons. The lowest BCUT2D eigenvalue weighted by Crippen LogP contribution is -2.24. The Bertz CT molecular complexity index is 782. The van der Waals surface area contributed by atoms with Crippen LogP contribution in [-0.2, 0) is 21.4 Å². The predicted octanol–water partition coefficient (Wildman–Crippen LogP) is 2.46. The second-order valence-corrected chi connectivity index (χ2v) is 7.15. The Kier molecular flexibility index (Phi) is 5.18. The van der Waals surface area contributed by atoms with Crippen LogP contribution in [0.25, 0.3) is 0 Å². The molecule has 0 aliphatic carbocycles. The van der Waals surface area contributed by atoms with Crippen molar-refractivity contribution in [3.8, 4) is 0 Å². The van der Waals surface area contributed by atoms with Gasteiger partial charge >= 0.3 is 0 Å². The van der Waals surface area contributed by atoms with Crippen LogP contribution in [-0.4, -0.2) is 21.4 Å². The molecule has 2 aromatic carbocycles. The lowest BCUT2D eigenvalue weighted by atomic mass is 10.2. The first kappa shape index (κ1) is 17.2. The molecule has 2 aromatic rings. The largest absolute Gasteiger partial charge is 0.316 e. The van der Waals surface area contributed by atoms with Crippen LogP contribution in [0.3, 0.4) is 0 Å². The zero-order valence-corrected chi connectivity index (χ0v) is 14.2. The monoisotopic (exact) mass is 332 g/mol. The van der Waals surface area contributed by atoms with Crippen LogP contribution in [0.15, 0.2) is 53.4 Å². The van der Waals surface area contributed by atoms with E-state index in [-0.39, 0.29) is 17.3 Å². The Balaban J connectivity index is 2.10. The SMILES string of the molecule is CC(=O)N(C)c1ccc(S(=O)(=O)NCc2ccc(C)cc2)cc1. The first-order valence-corrected chi connectivity index (χ1v) is 8.67. The second kappa shape index (κ2) is 6.93. The molecule has 0 heterocycles. The number of aryl methyl sites for hydroxylation is 1. The van der Waals surface area contributed by atoms with Gasteiger partial charge in [0.2, 0.25) is 15.9 Å². The topological polar surface area (TPSA) is 66.5 Å². The molecule has 23 heavy (non-hydrogen) atoms. The molecule has 5 nitrogen and oxygen atoms in total. The van der Waals surface area contributed by atoms with E-state index < -0.39 is 10.0 Å². The standard InChI is InChI=1S/C17H20N2O3S/c1-13-4-6-15(7-5-13)12-18-23(21,22)17-10-8-16(9-11-17)19(3)14(2)20/h4-11,18H,12H2,1-3H3. The van der Waals surface area contributed by atoms with Gasteiger partial charge in [-0.1, -0.05) is 29.8 Å². The number of sulfonamides is 1. The van der Waals surface area contributed by atoms with Crippen LogP contribution in [0.2, 0.25) is 0 Å². The summed E-state index contributed by atoms with van der Waals surface area (Å²) in [7, 11) is -1.94. The van der Waals surface area contributed by atoms with E-state index in [0.29, 0.717) is 5.69 Å². The Labute approximate surface area is 137 Å². The van der Waals surface area contributed by atoms with Gasteiger partial charge in [-0.3, -0.25) is 4.79 Å². The smallest absolute Gasteiger partial charge is 0.240 e. The summed E-state index contributed by atoms with van der Waals surface area (Å²) < 4.78 is 27.2. The summed E-state index contributed by atoms with van der Waals surface area (Å²) in [5.41, 5.74) is 2.67. The molecule has 0 fully saturated rings. The summed E-state index contributed by atoms with van der Waals surface area (Å²) in [5, 5.41) is 0. The molecule has 0 aliphatic rings. The van der Waals surface area contributed by atoms with E-state index in [9.17, 15) is 13.2 Å². The number of rotatable bonds is 5. The molecule has 122 valence electrons. The Hall–Kier alpha value is -2.18. The van der Waals surface area contributed by atoms with Gasteiger partial charge in [0.05, 0.1) is 4.90 Å². The van der Waals surface area contributed by atoms with Crippen molar-refractivity contribution < 1.29 is 13.2 Å². The molecule has 0 bridgehead atoms. The van der Waals surface area contributed by atoms with Crippen LogP contribution < -0.4 is 9.62 Å². The van der Waals surface area contributed by atoms with Crippen molar-refractivity contribution in [3.63, 3.8) is 0 Å². The number of benzene rings is 2. The number of hydrogen-bond acceptors (Lipinski definition) is 3. The molecule has 1 N–H and O–H groups in total. The average molecular weight is 332 g/mol. The maximum absolute atomic E-state index is 12.3. The molecule has 0 aliphatic heterocycles. The summed E-state index contributed by atoms with van der Waals surface area (Å²) in [6.45, 7) is 3.67. The second-order valence-electron chi connectivity index (χ2n) is 5.38. The number of nitrogens with zero attached hydrogens (tertiary/aromatic N) is 1. The number of amides is 1. The fourth-order valence-electron chi connectivity index (χ4n) is 2.00. The van der Waals surface area contributed by atoms with Crippen molar-refractivity contribution in [2.24, 2.45) is 0 Å². The van der Waals surface area contributed by atoms with Gasteiger partial charge in [-0.05, 0) is 36.8 Å². The lowest BCUT2D eigenvalue weighted by molar-refractivity contribution is -0.116. The highest BCUT2D eigenvalue weighted by Crippen LogP contribution is 2.17. The highest BCUT2D eigenvalue weighted by molar-refractivity contribution is 7.89. The minimum atomic E-state index is -3.58.